The lowest BCUT2D eigenvalue weighted by atomic mass is 10.2. The first-order valence-corrected chi connectivity index (χ1v) is 11.6. The van der Waals surface area contributed by atoms with E-state index in [2.05, 4.69) is 5.32 Å². The Bertz CT molecular complexity index is 1170. The molecule has 0 bridgehead atoms. The molecule has 3 rings (SSSR count). The van der Waals surface area contributed by atoms with Crippen molar-refractivity contribution in [2.24, 2.45) is 0 Å². The summed E-state index contributed by atoms with van der Waals surface area (Å²) in [6, 6.07) is 18.3. The minimum atomic E-state index is -4.18. The quantitative estimate of drug-likeness (QED) is 0.470. The van der Waals surface area contributed by atoms with Gasteiger partial charge >= 0.3 is 0 Å². The summed E-state index contributed by atoms with van der Waals surface area (Å²) in [5, 5.41) is 3.18. The molecule has 0 aliphatic heterocycles. The lowest BCUT2D eigenvalue weighted by Gasteiger charge is -2.24. The van der Waals surface area contributed by atoms with Crippen LogP contribution in [0, 0.1) is 12.7 Å². The lowest BCUT2D eigenvalue weighted by molar-refractivity contribution is -0.119. The average Bonchev–Trinajstić information content (AvgIpc) is 2.77. The molecular weight excluding hydrogens is 455 g/mol. The number of carbonyl (C=O) groups excluding carboxylic acids is 1. The van der Waals surface area contributed by atoms with Crippen LogP contribution in [-0.4, -0.2) is 34.0 Å². The Kier molecular flexibility index (Phi) is 7.71. The third-order valence-corrected chi connectivity index (χ3v) is 6.55. The molecule has 3 aromatic rings. The van der Waals surface area contributed by atoms with Crippen LogP contribution in [0.25, 0.3) is 0 Å². The zero-order chi connectivity index (χ0) is 23.1. The van der Waals surface area contributed by atoms with E-state index < -0.39 is 28.3 Å². The van der Waals surface area contributed by atoms with Gasteiger partial charge in [-0.1, -0.05) is 41.4 Å². The van der Waals surface area contributed by atoms with Gasteiger partial charge in [0, 0.05) is 5.02 Å². The fourth-order valence-electron chi connectivity index (χ4n) is 2.87. The third kappa shape index (κ3) is 5.99. The smallest absolute Gasteiger partial charge is 0.264 e. The Morgan fingerprint density at radius 2 is 1.69 bits per heavy atom. The zero-order valence-corrected chi connectivity index (χ0v) is 18.9. The molecule has 3 aromatic carbocycles. The van der Waals surface area contributed by atoms with Crippen LogP contribution in [0.3, 0.4) is 0 Å². The number of rotatable bonds is 9. The van der Waals surface area contributed by atoms with E-state index in [4.69, 9.17) is 16.3 Å². The van der Waals surface area contributed by atoms with E-state index in [1.165, 1.54) is 30.3 Å². The number of aryl methyl sites for hydroxylation is 1. The molecule has 32 heavy (non-hydrogen) atoms. The Labute approximate surface area is 191 Å². The molecule has 0 atom stereocenters. The molecule has 0 saturated heterocycles. The summed E-state index contributed by atoms with van der Waals surface area (Å²) in [6.45, 7) is 1.54. The van der Waals surface area contributed by atoms with E-state index in [0.717, 1.165) is 15.9 Å². The van der Waals surface area contributed by atoms with E-state index >= 15 is 0 Å². The van der Waals surface area contributed by atoms with Gasteiger partial charge in [-0.25, -0.2) is 12.8 Å². The summed E-state index contributed by atoms with van der Waals surface area (Å²) >= 11 is 5.82. The highest BCUT2D eigenvalue weighted by molar-refractivity contribution is 7.92. The second-order valence-electron chi connectivity index (χ2n) is 6.93. The van der Waals surface area contributed by atoms with Crippen molar-refractivity contribution < 1.29 is 22.3 Å². The molecule has 0 aliphatic rings. The minimum Gasteiger partial charge on any atom is -0.492 e. The van der Waals surface area contributed by atoms with Gasteiger partial charge in [0.1, 0.15) is 24.7 Å². The predicted octanol–water partition coefficient (Wildman–Crippen LogP) is 4.18. The molecule has 0 saturated carbocycles. The Balaban J connectivity index is 1.71. The largest absolute Gasteiger partial charge is 0.492 e. The molecule has 0 radical (unpaired) electrons. The van der Waals surface area contributed by atoms with Crippen LogP contribution in [0.4, 0.5) is 10.1 Å². The van der Waals surface area contributed by atoms with Gasteiger partial charge < -0.3 is 10.1 Å². The van der Waals surface area contributed by atoms with Crippen molar-refractivity contribution in [2.45, 2.75) is 11.8 Å². The lowest BCUT2D eigenvalue weighted by Crippen LogP contribution is -2.42. The van der Waals surface area contributed by atoms with E-state index in [9.17, 15) is 17.6 Å². The SMILES string of the molecule is Cc1ccc(S(=O)(=O)N(CC(=O)NCCOc2ccc(Cl)cc2)c2ccccc2F)cc1. The number of hydrogen-bond acceptors (Lipinski definition) is 4. The molecule has 1 N–H and O–H groups in total. The first kappa shape index (κ1) is 23.6. The van der Waals surface area contributed by atoms with Crippen LogP contribution in [0.2, 0.25) is 5.02 Å². The molecule has 0 unspecified atom stereocenters. The van der Waals surface area contributed by atoms with Crippen LogP contribution in [0.15, 0.2) is 77.7 Å². The molecule has 0 aliphatic carbocycles. The van der Waals surface area contributed by atoms with Crippen molar-refractivity contribution in [3.8, 4) is 5.75 Å². The maximum absolute atomic E-state index is 14.5. The van der Waals surface area contributed by atoms with Crippen LogP contribution in [-0.2, 0) is 14.8 Å². The van der Waals surface area contributed by atoms with Gasteiger partial charge in [-0.2, -0.15) is 0 Å². The highest BCUT2D eigenvalue weighted by atomic mass is 35.5. The van der Waals surface area contributed by atoms with Gasteiger partial charge in [0.25, 0.3) is 10.0 Å². The number of benzene rings is 3. The number of halogens is 2. The minimum absolute atomic E-state index is 0.0368. The van der Waals surface area contributed by atoms with E-state index in [1.807, 2.05) is 6.92 Å². The first-order chi connectivity index (χ1) is 15.3. The summed E-state index contributed by atoms with van der Waals surface area (Å²) in [5.74, 6) is -0.760. The maximum Gasteiger partial charge on any atom is 0.264 e. The fourth-order valence-corrected chi connectivity index (χ4v) is 4.42. The maximum atomic E-state index is 14.5. The van der Waals surface area contributed by atoms with Crippen molar-refractivity contribution in [3.63, 3.8) is 0 Å². The molecule has 6 nitrogen and oxygen atoms in total. The number of hydrogen-bond donors (Lipinski definition) is 1. The number of ether oxygens (including phenoxy) is 1. The van der Waals surface area contributed by atoms with Crippen LogP contribution >= 0.6 is 11.6 Å². The third-order valence-electron chi connectivity index (χ3n) is 4.52. The van der Waals surface area contributed by atoms with Gasteiger partial charge in [0.2, 0.25) is 5.91 Å². The Morgan fingerprint density at radius 3 is 2.34 bits per heavy atom. The Morgan fingerprint density at radius 1 is 1.03 bits per heavy atom. The van der Waals surface area contributed by atoms with Crippen LogP contribution in [0.1, 0.15) is 5.56 Å². The summed E-state index contributed by atoms with van der Waals surface area (Å²) in [4.78, 5) is 12.5. The first-order valence-electron chi connectivity index (χ1n) is 9.76. The van der Waals surface area contributed by atoms with Crippen LogP contribution < -0.4 is 14.4 Å². The van der Waals surface area contributed by atoms with Crippen molar-refractivity contribution >= 4 is 33.2 Å². The molecular formula is C23H22ClFN2O4S. The van der Waals surface area contributed by atoms with Gasteiger partial charge in [-0.15, -0.1) is 0 Å². The monoisotopic (exact) mass is 476 g/mol. The fraction of sp³-hybridized carbons (Fsp3) is 0.174. The molecule has 0 heterocycles. The Hall–Kier alpha value is -3.10. The van der Waals surface area contributed by atoms with Gasteiger partial charge in [0.05, 0.1) is 17.1 Å². The number of nitrogens with one attached hydrogen (secondary N) is 1. The second kappa shape index (κ2) is 10.5. The summed E-state index contributed by atoms with van der Waals surface area (Å²) in [7, 11) is -4.18. The number of anilines is 1. The standard InChI is InChI=1S/C23H22ClFN2O4S/c1-17-6-12-20(13-7-17)32(29,30)27(22-5-3-2-4-21(22)25)16-23(28)26-14-15-31-19-10-8-18(24)9-11-19/h2-13H,14-16H2,1H3,(H,26,28). The average molecular weight is 477 g/mol. The number of amides is 1. The molecule has 1 amide bonds. The van der Waals surface area contributed by atoms with Gasteiger partial charge in [-0.3, -0.25) is 9.10 Å². The highest BCUT2D eigenvalue weighted by Gasteiger charge is 2.29. The second-order valence-corrected chi connectivity index (χ2v) is 9.23. The summed E-state index contributed by atoms with van der Waals surface area (Å²) in [5.41, 5.74) is 0.667. The van der Waals surface area contributed by atoms with Crippen molar-refractivity contribution in [1.29, 1.82) is 0 Å². The van der Waals surface area contributed by atoms with E-state index in [1.54, 1.807) is 36.4 Å². The number of nitrogens with zero attached hydrogens (tertiary/aromatic N) is 1. The van der Waals surface area contributed by atoms with E-state index in [-0.39, 0.29) is 23.7 Å². The summed E-state index contributed by atoms with van der Waals surface area (Å²) < 4.78 is 47.2. The zero-order valence-electron chi connectivity index (χ0n) is 17.3. The van der Waals surface area contributed by atoms with Crippen LogP contribution in [0.5, 0.6) is 5.75 Å². The molecule has 168 valence electrons. The normalized spacial score (nSPS) is 11.1. The van der Waals surface area contributed by atoms with Gasteiger partial charge in [-0.05, 0) is 55.5 Å². The van der Waals surface area contributed by atoms with Crippen molar-refractivity contribution in [1.82, 2.24) is 5.32 Å². The van der Waals surface area contributed by atoms with Crippen molar-refractivity contribution in [2.75, 3.05) is 24.0 Å². The molecule has 0 fully saturated rings. The number of sulfonamides is 1. The van der Waals surface area contributed by atoms with E-state index in [0.29, 0.717) is 10.8 Å². The number of para-hydroxylation sites is 1. The van der Waals surface area contributed by atoms with Crippen molar-refractivity contribution in [3.05, 3.63) is 89.2 Å². The molecule has 0 spiro atoms. The number of carbonyl (C=O) groups is 1. The van der Waals surface area contributed by atoms with Gasteiger partial charge in [0.15, 0.2) is 0 Å². The molecule has 0 aromatic heterocycles. The predicted molar refractivity (Wildman–Crippen MR) is 122 cm³/mol. The molecule has 9 heteroatoms. The topological polar surface area (TPSA) is 75.7 Å². The highest BCUT2D eigenvalue weighted by Crippen LogP contribution is 2.26. The summed E-state index contributed by atoms with van der Waals surface area (Å²) in [6.07, 6.45) is 0.